The van der Waals surface area contributed by atoms with Crippen LogP contribution in [0.25, 0.3) is 0 Å². The largest absolute Gasteiger partial charge is 0.395 e. The Morgan fingerprint density at radius 2 is 1.96 bits per heavy atom. The number of aromatic nitrogens is 2. The van der Waals surface area contributed by atoms with E-state index in [4.69, 9.17) is 5.11 Å². The second-order valence-electron chi connectivity index (χ2n) is 6.79. The van der Waals surface area contributed by atoms with Gasteiger partial charge in [-0.1, -0.05) is 0 Å². The third-order valence-electron chi connectivity index (χ3n) is 4.92. The summed E-state index contributed by atoms with van der Waals surface area (Å²) >= 11 is 0. The molecule has 0 spiro atoms. The number of hydrogen-bond acceptors (Lipinski definition) is 8. The van der Waals surface area contributed by atoms with E-state index in [0.717, 1.165) is 52.1 Å². The van der Waals surface area contributed by atoms with E-state index in [2.05, 4.69) is 25.1 Å². The van der Waals surface area contributed by atoms with Gasteiger partial charge in [-0.25, -0.2) is 18.4 Å². The molecule has 8 nitrogen and oxygen atoms in total. The van der Waals surface area contributed by atoms with Crippen molar-refractivity contribution in [3.8, 4) is 0 Å². The van der Waals surface area contributed by atoms with Gasteiger partial charge in [0.15, 0.2) is 9.84 Å². The maximum absolute atomic E-state index is 12.2. The molecular formula is C16H29Cl2N5O3S. The number of nitrogens with zero attached hydrogens (tertiary/aromatic N) is 4. The molecular weight excluding hydrogens is 413 g/mol. The van der Waals surface area contributed by atoms with Crippen molar-refractivity contribution in [3.05, 3.63) is 11.9 Å². The van der Waals surface area contributed by atoms with E-state index < -0.39 is 9.84 Å². The Hall–Kier alpha value is -0.710. The minimum atomic E-state index is -3.35. The second-order valence-corrected chi connectivity index (χ2v) is 8.77. The second kappa shape index (κ2) is 10.7. The molecule has 1 atom stereocenters. The maximum Gasteiger partial charge on any atom is 0.225 e. The average Bonchev–Trinajstić information content (AvgIpc) is 2.62. The lowest BCUT2D eigenvalue weighted by atomic mass is 9.96. The van der Waals surface area contributed by atoms with Crippen LogP contribution in [0, 0.1) is 0 Å². The number of nitrogens with one attached hydrogen (secondary N) is 1. The number of halogens is 2. The smallest absolute Gasteiger partial charge is 0.225 e. The van der Waals surface area contributed by atoms with Gasteiger partial charge in [-0.15, -0.1) is 24.8 Å². The lowest BCUT2D eigenvalue weighted by molar-refractivity contribution is 0.188. The van der Waals surface area contributed by atoms with Crippen LogP contribution in [0.5, 0.6) is 0 Å². The van der Waals surface area contributed by atoms with Gasteiger partial charge >= 0.3 is 0 Å². The van der Waals surface area contributed by atoms with Crippen molar-refractivity contribution in [3.63, 3.8) is 0 Å². The molecule has 2 fully saturated rings. The summed E-state index contributed by atoms with van der Waals surface area (Å²) in [7, 11) is -3.35. The summed E-state index contributed by atoms with van der Waals surface area (Å²) in [6.07, 6.45) is 4.66. The molecule has 1 aromatic heterocycles. The maximum atomic E-state index is 12.2. The summed E-state index contributed by atoms with van der Waals surface area (Å²) in [5.41, 5.74) is 0.650. The van der Waals surface area contributed by atoms with Gasteiger partial charge in [-0.2, -0.15) is 0 Å². The quantitative estimate of drug-likeness (QED) is 0.672. The van der Waals surface area contributed by atoms with Gasteiger partial charge in [0, 0.05) is 51.4 Å². The van der Waals surface area contributed by atoms with Gasteiger partial charge in [-0.05, 0) is 19.4 Å². The minimum Gasteiger partial charge on any atom is -0.395 e. The minimum absolute atomic E-state index is 0. The zero-order valence-electron chi connectivity index (χ0n) is 15.5. The number of anilines is 1. The van der Waals surface area contributed by atoms with Crippen LogP contribution in [-0.4, -0.2) is 87.1 Å². The van der Waals surface area contributed by atoms with Gasteiger partial charge in [0.2, 0.25) is 5.95 Å². The molecule has 1 unspecified atom stereocenters. The number of aliphatic hydroxyl groups is 1. The fourth-order valence-corrected chi connectivity index (χ4v) is 4.34. The lowest BCUT2D eigenvalue weighted by Crippen LogP contribution is -2.47. The van der Waals surface area contributed by atoms with Crippen LogP contribution in [0.15, 0.2) is 11.1 Å². The molecule has 1 aromatic rings. The highest BCUT2D eigenvalue weighted by atomic mass is 35.5. The monoisotopic (exact) mass is 441 g/mol. The molecule has 27 heavy (non-hydrogen) atoms. The summed E-state index contributed by atoms with van der Waals surface area (Å²) in [5.74, 6) is 0.715. The molecule has 2 saturated heterocycles. The van der Waals surface area contributed by atoms with Crippen LogP contribution in [0.4, 0.5) is 5.95 Å². The van der Waals surface area contributed by atoms with Crippen molar-refractivity contribution in [2.75, 3.05) is 63.6 Å². The zero-order chi connectivity index (χ0) is 17.9. The molecule has 0 amide bonds. The molecule has 0 aromatic carbocycles. The highest BCUT2D eigenvalue weighted by Gasteiger charge is 2.27. The van der Waals surface area contributed by atoms with Crippen LogP contribution >= 0.6 is 24.8 Å². The number of aliphatic hydroxyl groups excluding tert-OH is 1. The van der Waals surface area contributed by atoms with Crippen LogP contribution in [0.3, 0.4) is 0 Å². The first kappa shape index (κ1) is 24.3. The molecule has 0 bridgehead atoms. The lowest BCUT2D eigenvalue weighted by Gasteiger charge is -2.34. The number of piperidine rings is 1. The summed E-state index contributed by atoms with van der Waals surface area (Å²) in [6, 6.07) is 0. The number of sulfone groups is 1. The van der Waals surface area contributed by atoms with Gasteiger partial charge in [0.05, 0.1) is 18.5 Å². The summed E-state index contributed by atoms with van der Waals surface area (Å²) in [5, 5.41) is 12.4. The van der Waals surface area contributed by atoms with E-state index in [1.165, 1.54) is 12.5 Å². The molecule has 156 valence electrons. The first-order valence-corrected chi connectivity index (χ1v) is 10.7. The molecule has 3 heterocycles. The van der Waals surface area contributed by atoms with E-state index in [9.17, 15) is 8.42 Å². The predicted molar refractivity (Wildman–Crippen MR) is 110 cm³/mol. The standard InChI is InChI=1S/C16H27N5O3S.2ClH/c1-25(23,24)14-12-18-16(19-15(14)13-3-2-4-17-11-13)21-7-5-20(6-8-21)9-10-22;;/h12-13,17,22H,2-11H2,1H3;2*1H. The molecule has 0 saturated carbocycles. The van der Waals surface area contributed by atoms with Crippen molar-refractivity contribution in [2.45, 2.75) is 23.7 Å². The van der Waals surface area contributed by atoms with Gasteiger partial charge in [0.1, 0.15) is 4.90 Å². The summed E-state index contributed by atoms with van der Waals surface area (Å²) < 4.78 is 24.3. The average molecular weight is 442 g/mol. The Kier molecular flexibility index (Phi) is 9.67. The number of rotatable bonds is 5. The Balaban J connectivity index is 0.00000182. The van der Waals surface area contributed by atoms with Crippen LogP contribution in [0.2, 0.25) is 0 Å². The molecule has 2 aliphatic heterocycles. The van der Waals surface area contributed by atoms with Gasteiger partial charge in [-0.3, -0.25) is 4.90 Å². The van der Waals surface area contributed by atoms with E-state index >= 15 is 0 Å². The van der Waals surface area contributed by atoms with E-state index in [-0.39, 0.29) is 42.2 Å². The van der Waals surface area contributed by atoms with Gasteiger partial charge < -0.3 is 15.3 Å². The molecule has 0 aliphatic carbocycles. The number of β-amino-alcohol motifs (C(OH)–C–C–N with tert-alkyl or cyclic N) is 1. The predicted octanol–water partition coefficient (Wildman–Crippen LogP) is 0.305. The highest BCUT2D eigenvalue weighted by molar-refractivity contribution is 7.90. The van der Waals surface area contributed by atoms with E-state index in [1.54, 1.807) is 0 Å². The Morgan fingerprint density at radius 1 is 1.26 bits per heavy atom. The third kappa shape index (κ3) is 6.13. The van der Waals surface area contributed by atoms with Crippen LogP contribution < -0.4 is 10.2 Å². The fraction of sp³-hybridized carbons (Fsp3) is 0.750. The number of hydrogen-bond donors (Lipinski definition) is 2. The molecule has 3 rings (SSSR count). The fourth-order valence-electron chi connectivity index (χ4n) is 3.50. The highest BCUT2D eigenvalue weighted by Crippen LogP contribution is 2.28. The van der Waals surface area contributed by atoms with Gasteiger partial charge in [0.25, 0.3) is 0 Å². The molecule has 2 N–H and O–H groups in total. The molecule has 2 aliphatic rings. The van der Waals surface area contributed by atoms with E-state index in [0.29, 0.717) is 18.2 Å². The van der Waals surface area contributed by atoms with Crippen molar-refractivity contribution in [1.82, 2.24) is 20.2 Å². The first-order chi connectivity index (χ1) is 12.0. The van der Waals surface area contributed by atoms with Crippen LogP contribution in [0.1, 0.15) is 24.5 Å². The van der Waals surface area contributed by atoms with E-state index in [1.807, 2.05) is 0 Å². The Bertz CT molecular complexity index is 693. The SMILES string of the molecule is CS(=O)(=O)c1cnc(N2CCN(CCO)CC2)nc1C1CCCNC1.Cl.Cl. The normalized spacial score (nSPS) is 21.3. The summed E-state index contributed by atoms with van der Waals surface area (Å²) in [6.45, 7) is 5.81. The molecule has 11 heteroatoms. The first-order valence-electron chi connectivity index (χ1n) is 8.85. The van der Waals surface area contributed by atoms with Crippen molar-refractivity contribution in [2.24, 2.45) is 0 Å². The molecule has 0 radical (unpaired) electrons. The zero-order valence-corrected chi connectivity index (χ0v) is 18.0. The van der Waals surface area contributed by atoms with Crippen molar-refractivity contribution < 1.29 is 13.5 Å². The summed E-state index contributed by atoms with van der Waals surface area (Å²) in [4.78, 5) is 13.6. The third-order valence-corrected chi connectivity index (χ3v) is 6.04. The number of piperazine rings is 1. The Morgan fingerprint density at radius 3 is 2.52 bits per heavy atom. The van der Waals surface area contributed by atoms with Crippen molar-refractivity contribution >= 4 is 40.6 Å². The Labute approximate surface area is 173 Å². The van der Waals surface area contributed by atoms with Crippen molar-refractivity contribution in [1.29, 1.82) is 0 Å². The topological polar surface area (TPSA) is 98.7 Å². The van der Waals surface area contributed by atoms with Crippen LogP contribution in [-0.2, 0) is 9.84 Å².